The predicted octanol–water partition coefficient (Wildman–Crippen LogP) is 15.3. The molecule has 0 fully saturated rings. The Morgan fingerprint density at radius 1 is 0.276 bits per heavy atom. The van der Waals surface area contributed by atoms with Gasteiger partial charge in [-0.05, 0) is 146 Å². The molecular weight excluding hydrogens is 701 g/mol. The van der Waals surface area contributed by atoms with Crippen LogP contribution in [0.2, 0.25) is 0 Å². The van der Waals surface area contributed by atoms with Gasteiger partial charge in [0.05, 0.1) is 5.41 Å². The Hall–Kier alpha value is -7.48. The van der Waals surface area contributed by atoms with E-state index in [1.165, 1.54) is 110 Å². The molecule has 266 valence electrons. The Kier molecular flexibility index (Phi) is 5.76. The van der Waals surface area contributed by atoms with Crippen LogP contribution in [0, 0.1) is 0 Å². The van der Waals surface area contributed by atoms with Crippen LogP contribution >= 0.6 is 0 Å². The lowest BCUT2D eigenvalue weighted by atomic mass is 9.70. The third-order valence-corrected chi connectivity index (χ3v) is 13.6. The second-order valence-corrected chi connectivity index (χ2v) is 16.3. The zero-order chi connectivity index (χ0) is 37.7. The van der Waals surface area contributed by atoms with E-state index in [2.05, 4.69) is 188 Å². The number of benzene rings is 11. The normalized spacial score (nSPS) is 13.7. The van der Waals surface area contributed by atoms with Gasteiger partial charge in [-0.2, -0.15) is 0 Å². The maximum absolute atomic E-state index is 6.25. The summed E-state index contributed by atoms with van der Waals surface area (Å²) >= 11 is 0. The molecule has 0 saturated carbocycles. The number of rotatable bonds is 2. The average Bonchev–Trinajstić information content (AvgIpc) is 3.90. The van der Waals surface area contributed by atoms with E-state index >= 15 is 0 Å². The van der Waals surface area contributed by atoms with Crippen LogP contribution in [-0.2, 0) is 5.41 Å². The van der Waals surface area contributed by atoms with E-state index in [0.717, 1.165) is 21.9 Å². The lowest BCUT2D eigenvalue weighted by molar-refractivity contribution is 0.669. The molecule has 1 heteroatoms. The summed E-state index contributed by atoms with van der Waals surface area (Å²) in [7, 11) is 0. The van der Waals surface area contributed by atoms with E-state index < -0.39 is 5.41 Å². The summed E-state index contributed by atoms with van der Waals surface area (Å²) in [5, 5.41) is 12.7. The largest absolute Gasteiger partial charge is 0.456 e. The van der Waals surface area contributed by atoms with Crippen LogP contribution in [0.4, 0.5) is 0 Å². The van der Waals surface area contributed by atoms with E-state index in [9.17, 15) is 0 Å². The second-order valence-electron chi connectivity index (χ2n) is 16.3. The average molecular weight is 733 g/mol. The summed E-state index contributed by atoms with van der Waals surface area (Å²) in [6, 6.07) is 72.9. The Balaban J connectivity index is 1.06. The van der Waals surface area contributed by atoms with Gasteiger partial charge < -0.3 is 4.42 Å². The number of furan rings is 1. The van der Waals surface area contributed by atoms with Crippen molar-refractivity contribution in [3.05, 3.63) is 216 Å². The molecule has 12 aromatic rings. The molecule has 1 nitrogen and oxygen atoms in total. The highest BCUT2D eigenvalue weighted by Crippen LogP contribution is 2.64. The van der Waals surface area contributed by atoms with Gasteiger partial charge >= 0.3 is 0 Å². The van der Waals surface area contributed by atoms with Crippen LogP contribution in [0.5, 0.6) is 0 Å². The minimum absolute atomic E-state index is 0.482. The minimum atomic E-state index is -0.482. The van der Waals surface area contributed by atoms with Crippen molar-refractivity contribution in [1.29, 1.82) is 0 Å². The van der Waals surface area contributed by atoms with E-state index in [1.807, 2.05) is 6.07 Å². The summed E-state index contributed by atoms with van der Waals surface area (Å²) < 4.78 is 6.25. The van der Waals surface area contributed by atoms with E-state index in [-0.39, 0.29) is 0 Å². The molecule has 0 unspecified atom stereocenters. The molecule has 2 aliphatic carbocycles. The zero-order valence-electron chi connectivity index (χ0n) is 31.4. The zero-order valence-corrected chi connectivity index (χ0v) is 31.4. The van der Waals surface area contributed by atoms with Crippen molar-refractivity contribution in [2.75, 3.05) is 0 Å². The van der Waals surface area contributed by atoms with Gasteiger partial charge in [-0.1, -0.05) is 158 Å². The van der Waals surface area contributed by atoms with Gasteiger partial charge in [-0.15, -0.1) is 0 Å². The maximum atomic E-state index is 6.25. The Labute approximate surface area is 334 Å². The highest BCUT2D eigenvalue weighted by molar-refractivity contribution is 6.25. The Bertz CT molecular complexity index is 3690. The van der Waals surface area contributed by atoms with Gasteiger partial charge in [-0.3, -0.25) is 0 Å². The van der Waals surface area contributed by atoms with Crippen molar-refractivity contribution in [2.45, 2.75) is 5.41 Å². The van der Waals surface area contributed by atoms with E-state index in [0.29, 0.717) is 0 Å². The molecule has 0 bridgehead atoms. The predicted molar refractivity (Wildman–Crippen MR) is 242 cm³/mol. The molecule has 0 aliphatic heterocycles. The first-order valence-electron chi connectivity index (χ1n) is 20.2. The molecular formula is C57H32O. The lowest BCUT2D eigenvalue weighted by Gasteiger charge is -2.31. The second kappa shape index (κ2) is 10.9. The van der Waals surface area contributed by atoms with Gasteiger partial charge in [0.1, 0.15) is 11.2 Å². The van der Waals surface area contributed by atoms with Crippen molar-refractivity contribution in [3.63, 3.8) is 0 Å². The summed E-state index contributed by atoms with van der Waals surface area (Å²) in [5.74, 6) is 0. The minimum Gasteiger partial charge on any atom is -0.456 e. The number of fused-ring (bicyclic) bond motifs is 14. The fourth-order valence-electron chi connectivity index (χ4n) is 11.2. The van der Waals surface area contributed by atoms with Crippen LogP contribution in [0.1, 0.15) is 22.3 Å². The monoisotopic (exact) mass is 732 g/mol. The fourth-order valence-corrected chi connectivity index (χ4v) is 11.2. The van der Waals surface area contributed by atoms with Crippen molar-refractivity contribution in [3.8, 4) is 44.5 Å². The standard InChI is InChI=1S/C57H32O/c1-4-16-49-41(12-1)42-13-2-5-17-50(42)57(49)51-31-38(40-25-21-35-20-19-33-9-7-10-34-22-27-45(40)56(35)55(33)34)23-26-43(51)47-29-36-11-8-15-39(46(36)32-52(47)57)37-24-28-54-48(30-37)44-14-3-6-18-53(44)58-54/h1-32H. The quantitative estimate of drug-likeness (QED) is 0.161. The third-order valence-electron chi connectivity index (χ3n) is 13.6. The molecule has 1 aromatic heterocycles. The van der Waals surface area contributed by atoms with Gasteiger partial charge in [0.15, 0.2) is 0 Å². The van der Waals surface area contributed by atoms with Crippen molar-refractivity contribution < 1.29 is 4.42 Å². The molecule has 0 saturated heterocycles. The summed E-state index contributed by atoms with van der Waals surface area (Å²) in [5.41, 5.74) is 17.0. The lowest BCUT2D eigenvalue weighted by Crippen LogP contribution is -2.26. The first-order chi connectivity index (χ1) is 28.7. The molecule has 14 rings (SSSR count). The molecule has 0 N–H and O–H groups in total. The van der Waals surface area contributed by atoms with E-state index in [1.54, 1.807) is 0 Å². The molecule has 2 aliphatic rings. The van der Waals surface area contributed by atoms with Crippen LogP contribution in [0.15, 0.2) is 199 Å². The highest BCUT2D eigenvalue weighted by atomic mass is 16.3. The molecule has 58 heavy (non-hydrogen) atoms. The van der Waals surface area contributed by atoms with Gasteiger partial charge in [0, 0.05) is 10.8 Å². The van der Waals surface area contributed by atoms with Gasteiger partial charge in [0.2, 0.25) is 0 Å². The summed E-state index contributed by atoms with van der Waals surface area (Å²) in [6.45, 7) is 0. The van der Waals surface area contributed by atoms with E-state index in [4.69, 9.17) is 4.42 Å². The summed E-state index contributed by atoms with van der Waals surface area (Å²) in [6.07, 6.45) is 0. The molecule has 0 radical (unpaired) electrons. The first kappa shape index (κ1) is 30.7. The van der Waals surface area contributed by atoms with Gasteiger partial charge in [-0.25, -0.2) is 0 Å². The van der Waals surface area contributed by atoms with Crippen LogP contribution < -0.4 is 0 Å². The van der Waals surface area contributed by atoms with Crippen molar-refractivity contribution in [2.24, 2.45) is 0 Å². The van der Waals surface area contributed by atoms with Crippen LogP contribution in [-0.4, -0.2) is 0 Å². The smallest absolute Gasteiger partial charge is 0.135 e. The maximum Gasteiger partial charge on any atom is 0.135 e. The fraction of sp³-hybridized carbons (Fsp3) is 0.0175. The SMILES string of the molecule is c1ccc2c(c1)-c1ccccc1C21c2cc(-c3ccc4ccc5cccc6ccc3c4c56)ccc2-c2cc3cccc(-c4ccc5oc6ccccc6c5c4)c3cc21. The number of para-hydroxylation sites is 1. The molecule has 1 heterocycles. The first-order valence-corrected chi connectivity index (χ1v) is 20.2. The molecule has 0 amide bonds. The van der Waals surface area contributed by atoms with Crippen LogP contribution in [0.25, 0.3) is 110 Å². The van der Waals surface area contributed by atoms with Crippen molar-refractivity contribution in [1.82, 2.24) is 0 Å². The highest BCUT2D eigenvalue weighted by Gasteiger charge is 2.51. The molecule has 0 atom stereocenters. The number of hydrogen-bond acceptors (Lipinski definition) is 1. The Morgan fingerprint density at radius 3 is 1.69 bits per heavy atom. The van der Waals surface area contributed by atoms with Gasteiger partial charge in [0.25, 0.3) is 0 Å². The number of hydrogen-bond donors (Lipinski definition) is 0. The molecule has 11 aromatic carbocycles. The Morgan fingerprint density at radius 2 is 0.845 bits per heavy atom. The topological polar surface area (TPSA) is 13.1 Å². The molecule has 1 spiro atoms. The third kappa shape index (κ3) is 3.77. The van der Waals surface area contributed by atoms with Crippen LogP contribution in [0.3, 0.4) is 0 Å². The summed E-state index contributed by atoms with van der Waals surface area (Å²) in [4.78, 5) is 0. The van der Waals surface area contributed by atoms with Crippen molar-refractivity contribution >= 4 is 65.0 Å².